The Bertz CT molecular complexity index is 233. The molecule has 1 aliphatic heterocycles. The quantitative estimate of drug-likeness (QED) is 0.781. The van der Waals surface area contributed by atoms with E-state index in [1.165, 1.54) is 32.1 Å². The summed E-state index contributed by atoms with van der Waals surface area (Å²) in [6, 6.07) is 0.448. The fourth-order valence-electron chi connectivity index (χ4n) is 2.62. The summed E-state index contributed by atoms with van der Waals surface area (Å²) in [5, 5.41) is 6.49. The van der Waals surface area contributed by atoms with Crippen LogP contribution in [0.5, 0.6) is 0 Å². The first-order valence-corrected chi connectivity index (χ1v) is 6.22. The molecule has 4 heteroatoms. The van der Waals surface area contributed by atoms with E-state index in [1.54, 1.807) is 0 Å². The lowest BCUT2D eigenvalue weighted by molar-refractivity contribution is -0.130. The van der Waals surface area contributed by atoms with Gasteiger partial charge in [-0.05, 0) is 32.7 Å². The van der Waals surface area contributed by atoms with Gasteiger partial charge in [-0.15, -0.1) is 12.4 Å². The predicted molar refractivity (Wildman–Crippen MR) is 67.9 cm³/mol. The van der Waals surface area contributed by atoms with E-state index in [1.807, 2.05) is 0 Å². The van der Waals surface area contributed by atoms with Gasteiger partial charge < -0.3 is 10.6 Å². The molecule has 3 nitrogen and oxygen atoms in total. The van der Waals surface area contributed by atoms with Crippen molar-refractivity contribution in [2.24, 2.45) is 5.41 Å². The van der Waals surface area contributed by atoms with Crippen molar-refractivity contribution in [3.63, 3.8) is 0 Å². The number of hydrogen-bond acceptors (Lipinski definition) is 2. The van der Waals surface area contributed by atoms with Crippen LogP contribution >= 0.6 is 12.4 Å². The lowest BCUT2D eigenvalue weighted by Gasteiger charge is -2.28. The Balaban J connectivity index is 0.00000128. The second-order valence-electron chi connectivity index (χ2n) is 5.30. The van der Waals surface area contributed by atoms with Crippen molar-refractivity contribution in [3.05, 3.63) is 0 Å². The summed E-state index contributed by atoms with van der Waals surface area (Å²) in [6.45, 7) is 3.89. The zero-order valence-corrected chi connectivity index (χ0v) is 10.9. The van der Waals surface area contributed by atoms with Gasteiger partial charge in [-0.1, -0.05) is 19.3 Å². The highest BCUT2D eigenvalue weighted by Crippen LogP contribution is 2.26. The average molecular weight is 247 g/mol. The molecule has 94 valence electrons. The van der Waals surface area contributed by atoms with E-state index >= 15 is 0 Å². The van der Waals surface area contributed by atoms with Crippen LogP contribution in [0.4, 0.5) is 0 Å². The van der Waals surface area contributed by atoms with Crippen LogP contribution in [-0.4, -0.2) is 25.0 Å². The van der Waals surface area contributed by atoms with Gasteiger partial charge in [-0.2, -0.15) is 0 Å². The maximum atomic E-state index is 12.1. The molecule has 2 rings (SSSR count). The highest BCUT2D eigenvalue weighted by molar-refractivity contribution is 5.85. The zero-order chi connectivity index (χ0) is 10.7. The van der Waals surface area contributed by atoms with Crippen molar-refractivity contribution >= 4 is 18.3 Å². The molecule has 1 aliphatic carbocycles. The second kappa shape index (κ2) is 5.87. The third kappa shape index (κ3) is 3.11. The van der Waals surface area contributed by atoms with Gasteiger partial charge in [0.25, 0.3) is 0 Å². The standard InChI is InChI=1S/C12H22N2O.ClH/c1-12(7-8-13-9-12)11(15)14-10-5-3-2-4-6-10;/h10,13H,2-9H2,1H3,(H,14,15);1H. The monoisotopic (exact) mass is 246 g/mol. The van der Waals surface area contributed by atoms with Crippen LogP contribution in [0.25, 0.3) is 0 Å². The normalized spacial score (nSPS) is 30.8. The maximum absolute atomic E-state index is 12.1. The Kier molecular flexibility index (Phi) is 5.06. The van der Waals surface area contributed by atoms with Gasteiger partial charge in [0, 0.05) is 12.6 Å². The molecule has 0 bridgehead atoms. The summed E-state index contributed by atoms with van der Waals surface area (Å²) in [7, 11) is 0. The van der Waals surface area contributed by atoms with Gasteiger partial charge in [0.05, 0.1) is 5.41 Å². The molecule has 1 saturated carbocycles. The van der Waals surface area contributed by atoms with Crippen molar-refractivity contribution in [1.29, 1.82) is 0 Å². The van der Waals surface area contributed by atoms with Crippen LogP contribution < -0.4 is 10.6 Å². The predicted octanol–water partition coefficient (Wildman–Crippen LogP) is 1.86. The number of hydrogen-bond donors (Lipinski definition) is 2. The van der Waals surface area contributed by atoms with E-state index in [2.05, 4.69) is 17.6 Å². The van der Waals surface area contributed by atoms with Gasteiger partial charge in [0.1, 0.15) is 0 Å². The maximum Gasteiger partial charge on any atom is 0.227 e. The Labute approximate surface area is 104 Å². The second-order valence-corrected chi connectivity index (χ2v) is 5.30. The summed E-state index contributed by atoms with van der Waals surface area (Å²) in [5.74, 6) is 0.263. The number of rotatable bonds is 2. The molecule has 2 aliphatic rings. The van der Waals surface area contributed by atoms with Crippen molar-refractivity contribution in [2.75, 3.05) is 13.1 Å². The van der Waals surface area contributed by atoms with E-state index in [4.69, 9.17) is 0 Å². The first-order chi connectivity index (χ1) is 7.21. The van der Waals surface area contributed by atoms with Crippen LogP contribution in [-0.2, 0) is 4.79 Å². The van der Waals surface area contributed by atoms with E-state index in [0.717, 1.165) is 19.5 Å². The summed E-state index contributed by atoms with van der Waals surface area (Å²) in [4.78, 5) is 12.1. The largest absolute Gasteiger partial charge is 0.353 e. The minimum absolute atomic E-state index is 0. The fraction of sp³-hybridized carbons (Fsp3) is 0.917. The van der Waals surface area contributed by atoms with Gasteiger partial charge in [0.2, 0.25) is 5.91 Å². The highest BCUT2D eigenvalue weighted by Gasteiger charge is 2.37. The average Bonchev–Trinajstić information content (AvgIpc) is 2.68. The number of halogens is 1. The first-order valence-electron chi connectivity index (χ1n) is 6.22. The topological polar surface area (TPSA) is 41.1 Å². The Morgan fingerprint density at radius 2 is 2.00 bits per heavy atom. The van der Waals surface area contributed by atoms with Gasteiger partial charge in [0.15, 0.2) is 0 Å². The van der Waals surface area contributed by atoms with E-state index in [0.29, 0.717) is 6.04 Å². The summed E-state index contributed by atoms with van der Waals surface area (Å²) in [5.41, 5.74) is -0.155. The summed E-state index contributed by atoms with van der Waals surface area (Å²) < 4.78 is 0. The van der Waals surface area contributed by atoms with Crippen LogP contribution in [0.3, 0.4) is 0 Å². The molecule has 1 saturated heterocycles. The third-order valence-electron chi connectivity index (χ3n) is 3.86. The van der Waals surface area contributed by atoms with Crippen LogP contribution in [0.2, 0.25) is 0 Å². The fourth-order valence-corrected chi connectivity index (χ4v) is 2.62. The molecular formula is C12H23ClN2O. The molecule has 0 spiro atoms. The molecule has 0 aromatic carbocycles. The summed E-state index contributed by atoms with van der Waals surface area (Å²) in [6.07, 6.45) is 7.22. The van der Waals surface area contributed by atoms with Crippen LogP contribution in [0, 0.1) is 5.41 Å². The van der Waals surface area contributed by atoms with E-state index in [-0.39, 0.29) is 23.7 Å². The van der Waals surface area contributed by atoms with Gasteiger partial charge >= 0.3 is 0 Å². The van der Waals surface area contributed by atoms with E-state index < -0.39 is 0 Å². The number of carbonyl (C=O) groups excluding carboxylic acids is 1. The molecule has 1 amide bonds. The SMILES string of the molecule is CC1(C(=O)NC2CCCCC2)CCNC1.Cl. The van der Waals surface area contributed by atoms with Crippen molar-refractivity contribution in [1.82, 2.24) is 10.6 Å². The molecule has 1 unspecified atom stereocenters. The molecule has 1 heterocycles. The van der Waals surface area contributed by atoms with Crippen molar-refractivity contribution in [3.8, 4) is 0 Å². The molecule has 2 N–H and O–H groups in total. The van der Waals surface area contributed by atoms with Crippen molar-refractivity contribution in [2.45, 2.75) is 51.5 Å². The van der Waals surface area contributed by atoms with Crippen molar-refractivity contribution < 1.29 is 4.79 Å². The summed E-state index contributed by atoms with van der Waals surface area (Å²) >= 11 is 0. The highest BCUT2D eigenvalue weighted by atomic mass is 35.5. The lowest BCUT2D eigenvalue weighted by Crippen LogP contribution is -2.45. The Morgan fingerprint density at radius 3 is 2.56 bits per heavy atom. The van der Waals surface area contributed by atoms with Gasteiger partial charge in [-0.3, -0.25) is 4.79 Å². The number of carbonyl (C=O) groups is 1. The Morgan fingerprint density at radius 1 is 1.31 bits per heavy atom. The number of nitrogens with one attached hydrogen (secondary N) is 2. The molecule has 0 aromatic heterocycles. The smallest absolute Gasteiger partial charge is 0.227 e. The third-order valence-corrected chi connectivity index (χ3v) is 3.86. The molecule has 0 radical (unpaired) electrons. The molecule has 1 atom stereocenters. The molecule has 16 heavy (non-hydrogen) atoms. The van der Waals surface area contributed by atoms with Crippen LogP contribution in [0.15, 0.2) is 0 Å². The lowest BCUT2D eigenvalue weighted by atomic mass is 9.87. The minimum atomic E-state index is -0.155. The number of amides is 1. The van der Waals surface area contributed by atoms with E-state index in [9.17, 15) is 4.79 Å². The van der Waals surface area contributed by atoms with Crippen LogP contribution in [0.1, 0.15) is 45.4 Å². The minimum Gasteiger partial charge on any atom is -0.353 e. The molecule has 0 aromatic rings. The zero-order valence-electron chi connectivity index (χ0n) is 10.1. The van der Waals surface area contributed by atoms with Gasteiger partial charge in [-0.25, -0.2) is 0 Å². The Hall–Kier alpha value is -0.280. The molecular weight excluding hydrogens is 224 g/mol. The first kappa shape index (κ1) is 13.8. The molecule has 2 fully saturated rings.